The van der Waals surface area contributed by atoms with Crippen LogP contribution in [0.3, 0.4) is 0 Å². The lowest BCUT2D eigenvalue weighted by atomic mass is 9.99. The van der Waals surface area contributed by atoms with Crippen LogP contribution in [0.15, 0.2) is 29.3 Å². The highest BCUT2D eigenvalue weighted by molar-refractivity contribution is 5.77. The standard InChI is InChI=1S/C19H32N4/c1-3-4-11-21-19(20)22-14-17-5-7-18(8-6-17)15-23-12-9-16(2)10-13-23/h5-8,16H,3-4,9-15H2,1-2H3,(H3,20,21,22). The fourth-order valence-electron chi connectivity index (χ4n) is 2.85. The van der Waals surface area contributed by atoms with E-state index in [0.717, 1.165) is 31.8 Å². The molecule has 0 aromatic heterocycles. The molecule has 2 rings (SSSR count). The maximum atomic E-state index is 5.86. The van der Waals surface area contributed by atoms with Gasteiger partial charge in [0, 0.05) is 13.1 Å². The molecule has 0 radical (unpaired) electrons. The van der Waals surface area contributed by atoms with E-state index in [2.05, 4.69) is 53.3 Å². The zero-order chi connectivity index (χ0) is 16.5. The van der Waals surface area contributed by atoms with Gasteiger partial charge in [0.25, 0.3) is 0 Å². The predicted molar refractivity (Wildman–Crippen MR) is 98.4 cm³/mol. The van der Waals surface area contributed by atoms with Crippen molar-refractivity contribution < 1.29 is 0 Å². The lowest BCUT2D eigenvalue weighted by molar-refractivity contribution is 0.185. The average molecular weight is 316 g/mol. The van der Waals surface area contributed by atoms with Gasteiger partial charge in [-0.25, -0.2) is 4.99 Å². The summed E-state index contributed by atoms with van der Waals surface area (Å²) in [5, 5.41) is 3.14. The molecule has 0 amide bonds. The van der Waals surface area contributed by atoms with Gasteiger partial charge in [-0.15, -0.1) is 0 Å². The van der Waals surface area contributed by atoms with E-state index in [1.807, 2.05) is 0 Å². The molecule has 0 spiro atoms. The molecule has 1 saturated heterocycles. The van der Waals surface area contributed by atoms with Crippen LogP contribution in [0, 0.1) is 5.92 Å². The molecule has 0 aliphatic carbocycles. The molecule has 0 atom stereocenters. The number of guanidine groups is 1. The van der Waals surface area contributed by atoms with Crippen LogP contribution >= 0.6 is 0 Å². The second kappa shape index (κ2) is 9.56. The molecule has 0 saturated carbocycles. The molecule has 23 heavy (non-hydrogen) atoms. The van der Waals surface area contributed by atoms with Crippen LogP contribution in [0.4, 0.5) is 0 Å². The lowest BCUT2D eigenvalue weighted by Crippen LogP contribution is -2.32. The minimum Gasteiger partial charge on any atom is -0.370 e. The second-order valence-corrected chi connectivity index (χ2v) is 6.76. The van der Waals surface area contributed by atoms with Crippen LogP contribution < -0.4 is 11.1 Å². The molecule has 1 aliphatic heterocycles. The van der Waals surface area contributed by atoms with Crippen LogP contribution in [0.5, 0.6) is 0 Å². The number of aliphatic imine (C=N–C) groups is 1. The molecule has 128 valence electrons. The van der Waals surface area contributed by atoms with Gasteiger partial charge < -0.3 is 11.1 Å². The summed E-state index contributed by atoms with van der Waals surface area (Å²) in [4.78, 5) is 6.95. The SMILES string of the molecule is CCCCNC(N)=NCc1ccc(CN2CCC(C)CC2)cc1. The Bertz CT molecular complexity index is 473. The molecular formula is C19H32N4. The number of nitrogens with zero attached hydrogens (tertiary/aromatic N) is 2. The normalized spacial score (nSPS) is 17.4. The number of hydrogen-bond donors (Lipinski definition) is 2. The fourth-order valence-corrected chi connectivity index (χ4v) is 2.85. The van der Waals surface area contributed by atoms with E-state index in [1.165, 1.54) is 37.1 Å². The zero-order valence-electron chi connectivity index (χ0n) is 14.7. The maximum absolute atomic E-state index is 5.86. The van der Waals surface area contributed by atoms with Crippen molar-refractivity contribution in [3.05, 3.63) is 35.4 Å². The Morgan fingerprint density at radius 2 is 1.87 bits per heavy atom. The summed E-state index contributed by atoms with van der Waals surface area (Å²) in [6.07, 6.45) is 4.95. The first-order valence-corrected chi connectivity index (χ1v) is 9.01. The van der Waals surface area contributed by atoms with Gasteiger partial charge in [0.2, 0.25) is 0 Å². The van der Waals surface area contributed by atoms with Gasteiger partial charge in [0.1, 0.15) is 0 Å². The van der Waals surface area contributed by atoms with Gasteiger partial charge in [0.05, 0.1) is 6.54 Å². The molecule has 4 nitrogen and oxygen atoms in total. The molecule has 4 heteroatoms. The largest absolute Gasteiger partial charge is 0.370 e. The summed E-state index contributed by atoms with van der Waals surface area (Å²) < 4.78 is 0. The molecule has 1 aromatic rings. The van der Waals surface area contributed by atoms with Gasteiger partial charge in [-0.2, -0.15) is 0 Å². The minimum atomic E-state index is 0.546. The summed E-state index contributed by atoms with van der Waals surface area (Å²) in [5.41, 5.74) is 8.46. The Morgan fingerprint density at radius 1 is 1.22 bits per heavy atom. The van der Waals surface area contributed by atoms with Crippen molar-refractivity contribution in [3.8, 4) is 0 Å². The van der Waals surface area contributed by atoms with Crippen molar-refractivity contribution in [1.29, 1.82) is 0 Å². The van der Waals surface area contributed by atoms with E-state index in [1.54, 1.807) is 0 Å². The van der Waals surface area contributed by atoms with Gasteiger partial charge >= 0.3 is 0 Å². The molecule has 1 heterocycles. The molecule has 1 fully saturated rings. The van der Waals surface area contributed by atoms with Crippen LogP contribution in [-0.4, -0.2) is 30.5 Å². The van der Waals surface area contributed by atoms with Crippen LogP contribution in [-0.2, 0) is 13.1 Å². The summed E-state index contributed by atoms with van der Waals surface area (Å²) in [6.45, 7) is 9.60. The van der Waals surface area contributed by atoms with Gasteiger partial charge in [-0.3, -0.25) is 4.90 Å². The number of rotatable bonds is 7. The first kappa shape index (κ1) is 17.8. The quantitative estimate of drug-likeness (QED) is 0.462. The predicted octanol–water partition coefficient (Wildman–Crippen LogP) is 3.12. The van der Waals surface area contributed by atoms with E-state index in [4.69, 9.17) is 5.73 Å². The van der Waals surface area contributed by atoms with E-state index in [9.17, 15) is 0 Å². The van der Waals surface area contributed by atoms with E-state index in [0.29, 0.717) is 12.5 Å². The summed E-state index contributed by atoms with van der Waals surface area (Å²) in [7, 11) is 0. The van der Waals surface area contributed by atoms with Crippen molar-refractivity contribution in [2.75, 3.05) is 19.6 Å². The number of hydrogen-bond acceptors (Lipinski definition) is 2. The number of benzene rings is 1. The summed E-state index contributed by atoms with van der Waals surface area (Å²) >= 11 is 0. The molecule has 0 unspecified atom stereocenters. The van der Waals surface area contributed by atoms with Crippen LogP contribution in [0.1, 0.15) is 50.7 Å². The maximum Gasteiger partial charge on any atom is 0.188 e. The van der Waals surface area contributed by atoms with E-state index in [-0.39, 0.29) is 0 Å². The number of nitrogens with two attached hydrogens (primary N) is 1. The Hall–Kier alpha value is -1.55. The highest BCUT2D eigenvalue weighted by atomic mass is 15.1. The molecule has 3 N–H and O–H groups in total. The van der Waals surface area contributed by atoms with Crippen molar-refractivity contribution in [1.82, 2.24) is 10.2 Å². The monoisotopic (exact) mass is 316 g/mol. The Morgan fingerprint density at radius 3 is 2.52 bits per heavy atom. The Balaban J connectivity index is 1.76. The number of piperidine rings is 1. The molecule has 0 bridgehead atoms. The molecular weight excluding hydrogens is 284 g/mol. The highest BCUT2D eigenvalue weighted by Crippen LogP contribution is 2.18. The third-order valence-corrected chi connectivity index (χ3v) is 4.57. The van der Waals surface area contributed by atoms with Gasteiger partial charge in [-0.1, -0.05) is 44.5 Å². The van der Waals surface area contributed by atoms with Crippen molar-refractivity contribution in [3.63, 3.8) is 0 Å². The van der Waals surface area contributed by atoms with Gasteiger partial charge in [-0.05, 0) is 49.4 Å². The summed E-state index contributed by atoms with van der Waals surface area (Å²) in [5.74, 6) is 1.44. The smallest absolute Gasteiger partial charge is 0.188 e. The van der Waals surface area contributed by atoms with Crippen molar-refractivity contribution >= 4 is 5.96 Å². The lowest BCUT2D eigenvalue weighted by Gasteiger charge is -2.30. The Labute approximate surface area is 141 Å². The fraction of sp³-hybridized carbons (Fsp3) is 0.632. The van der Waals surface area contributed by atoms with Crippen LogP contribution in [0.2, 0.25) is 0 Å². The number of likely N-dealkylation sites (tertiary alicyclic amines) is 1. The van der Waals surface area contributed by atoms with Crippen molar-refractivity contribution in [2.24, 2.45) is 16.6 Å². The highest BCUT2D eigenvalue weighted by Gasteiger charge is 2.15. The number of unbranched alkanes of at least 4 members (excludes halogenated alkanes) is 1. The van der Waals surface area contributed by atoms with Crippen molar-refractivity contribution in [2.45, 2.75) is 52.6 Å². The second-order valence-electron chi connectivity index (χ2n) is 6.76. The summed E-state index contributed by atoms with van der Waals surface area (Å²) in [6, 6.07) is 8.79. The zero-order valence-corrected chi connectivity index (χ0v) is 14.7. The molecule has 1 aliphatic rings. The molecule has 1 aromatic carbocycles. The topological polar surface area (TPSA) is 53.6 Å². The third-order valence-electron chi connectivity index (χ3n) is 4.57. The van der Waals surface area contributed by atoms with Crippen LogP contribution in [0.25, 0.3) is 0 Å². The van der Waals surface area contributed by atoms with E-state index >= 15 is 0 Å². The Kier molecular flexibility index (Phi) is 7.40. The van der Waals surface area contributed by atoms with Gasteiger partial charge in [0.15, 0.2) is 5.96 Å². The minimum absolute atomic E-state index is 0.546. The first-order chi connectivity index (χ1) is 11.2. The first-order valence-electron chi connectivity index (χ1n) is 9.01. The average Bonchev–Trinajstić information content (AvgIpc) is 2.57. The third kappa shape index (κ3) is 6.61. The van der Waals surface area contributed by atoms with E-state index < -0.39 is 0 Å². The number of nitrogens with one attached hydrogen (secondary N) is 1.